The maximum Gasteiger partial charge on any atom is 1.00 e. The molecule has 0 aliphatic carbocycles. The Balaban J connectivity index is 0.000000181. The van der Waals surface area contributed by atoms with Crippen LogP contribution in [0.15, 0.2) is 173 Å². The number of thiophene rings is 3. The van der Waals surface area contributed by atoms with E-state index in [0.29, 0.717) is 89.2 Å². The van der Waals surface area contributed by atoms with Gasteiger partial charge >= 0.3 is 87.6 Å². The van der Waals surface area contributed by atoms with Crippen molar-refractivity contribution in [2.45, 2.75) is 36.9 Å². The molecule has 0 aromatic carbocycles. The Kier molecular flexibility index (Phi) is 31.3. The molecular formula is C61H47BrCl4F9KN28O3S3. The first-order valence-electron chi connectivity index (χ1n) is 30.4. The van der Waals surface area contributed by atoms with Gasteiger partial charge in [0.2, 0.25) is 17.5 Å². The van der Waals surface area contributed by atoms with Crippen LogP contribution >= 0.6 is 96.3 Å². The molecule has 14 aromatic heterocycles. The Hall–Kier alpha value is -9.23. The second-order valence-corrected chi connectivity index (χ2v) is 26.6. The van der Waals surface area contributed by atoms with E-state index < -0.39 is 36.2 Å². The number of anilines is 8. The number of halogens is 14. The summed E-state index contributed by atoms with van der Waals surface area (Å²) in [6, 6.07) is 23.8. The van der Waals surface area contributed by atoms with Gasteiger partial charge in [0.15, 0.2) is 55.5 Å². The first-order valence-corrected chi connectivity index (χ1v) is 35.5. The predicted octanol–water partition coefficient (Wildman–Crippen LogP) is 12.2. The van der Waals surface area contributed by atoms with Crippen molar-refractivity contribution in [2.24, 2.45) is 0 Å². The number of alkyl halides is 10. The van der Waals surface area contributed by atoms with Crippen LogP contribution in [0.1, 0.15) is 33.7 Å². The number of likely N-dealkylation sites (N-methyl/N-ethyl adjacent to an activating group) is 1. The summed E-state index contributed by atoms with van der Waals surface area (Å²) in [5.41, 5.74) is 5.18. The van der Waals surface area contributed by atoms with Crippen LogP contribution < -0.4 is 77.1 Å². The summed E-state index contributed by atoms with van der Waals surface area (Å²) in [4.78, 5) is 54.4. The Bertz CT molecular complexity index is 5050. The second-order valence-electron chi connectivity index (χ2n) is 21.0. The summed E-state index contributed by atoms with van der Waals surface area (Å²) in [6.45, 7) is 4.33. The third-order valence-electron chi connectivity index (χ3n) is 13.3. The van der Waals surface area contributed by atoms with Crippen LogP contribution in [0, 0.1) is 0 Å². The van der Waals surface area contributed by atoms with Crippen LogP contribution in [0.2, 0.25) is 20.6 Å². The van der Waals surface area contributed by atoms with E-state index in [1.54, 1.807) is 133 Å². The zero-order chi connectivity index (χ0) is 77.5. The maximum atomic E-state index is 12.8. The van der Waals surface area contributed by atoms with E-state index in [1.165, 1.54) is 52.6 Å². The molecule has 3 N–H and O–H groups in total. The van der Waals surface area contributed by atoms with Crippen molar-refractivity contribution in [3.63, 3.8) is 0 Å². The SMILES string of the molecule is CN1CCN(c2ccc(N(Cc3ccc(-c4noc(C(F)(F)F)n4)s3)c3cnccn3)nn2)CC1.Clc1ccc(Cl)nn1.Clc1ccc(Nc2cnccn2)nn1.FC(F)(F)c1nc(-c2ccc(CBr)s2)no1.FC(F)(F)c1nc(-c2ccc(CN(c3cnccn3)c3ccc(Cl)nn3)s2)no1.Nc1cnccn1.[2H-].[K+]. The number of rotatable bonds is 15. The molecule has 31 nitrogen and oxygen atoms in total. The zero-order valence-electron chi connectivity index (χ0n) is 56.9. The number of nitrogens with zero attached hydrogens (tertiary/aromatic N) is 26. The average molecular weight is 1750 g/mol. The molecule has 0 radical (unpaired) electrons. The molecule has 0 amide bonds. The minimum Gasteiger partial charge on any atom is -1.00 e. The van der Waals surface area contributed by atoms with E-state index in [2.05, 4.69) is 163 Å². The molecule has 14 aromatic rings. The van der Waals surface area contributed by atoms with Gasteiger partial charge < -0.3 is 45.6 Å². The van der Waals surface area contributed by atoms with Gasteiger partial charge in [0, 0.05) is 95.7 Å². The number of nitrogen functional groups attached to an aromatic ring is 1. The molecule has 0 saturated carbocycles. The van der Waals surface area contributed by atoms with Gasteiger partial charge in [0.1, 0.15) is 11.6 Å². The normalized spacial score (nSPS) is 12.0. The molecule has 1 aliphatic heterocycles. The molecule has 49 heteroatoms. The topological polar surface area (TPSA) is 374 Å². The van der Waals surface area contributed by atoms with Crippen LogP contribution in [0.3, 0.4) is 0 Å². The Morgan fingerprint density at radius 2 is 0.855 bits per heavy atom. The number of hydrogen-bond donors (Lipinski definition) is 2. The van der Waals surface area contributed by atoms with Gasteiger partial charge in [-0.25, -0.2) is 19.9 Å². The number of nitrogens with two attached hydrogens (primary N) is 1. The Labute approximate surface area is 698 Å². The molecule has 0 bridgehead atoms. The molecule has 110 heavy (non-hydrogen) atoms. The first-order chi connectivity index (χ1) is 52.3. The molecule has 15 heterocycles. The number of nitrogens with one attached hydrogen (secondary N) is 1. The van der Waals surface area contributed by atoms with Gasteiger partial charge in [-0.15, -0.1) is 74.8 Å². The minimum absolute atomic E-state index is 0. The van der Waals surface area contributed by atoms with Crippen molar-refractivity contribution >= 4 is 143 Å². The van der Waals surface area contributed by atoms with Gasteiger partial charge in [0.25, 0.3) is 0 Å². The zero-order valence-corrected chi connectivity index (χ0v) is 66.1. The monoisotopic (exact) mass is 1750 g/mol. The summed E-state index contributed by atoms with van der Waals surface area (Å²) in [5.74, 6) is 0.197. The summed E-state index contributed by atoms with van der Waals surface area (Å²) in [6.07, 6.45) is 4.81. The summed E-state index contributed by atoms with van der Waals surface area (Å²) in [7, 11) is 2.09. The van der Waals surface area contributed by atoms with Crippen molar-refractivity contribution in [2.75, 3.05) is 59.0 Å². The molecule has 15 rings (SSSR count). The van der Waals surface area contributed by atoms with Crippen LogP contribution in [-0.2, 0) is 36.9 Å². The van der Waals surface area contributed by atoms with Gasteiger partial charge in [-0.1, -0.05) is 77.8 Å². The van der Waals surface area contributed by atoms with Crippen LogP contribution in [0.25, 0.3) is 32.1 Å². The van der Waals surface area contributed by atoms with Crippen molar-refractivity contribution in [3.05, 3.63) is 212 Å². The van der Waals surface area contributed by atoms with Gasteiger partial charge in [0.05, 0.1) is 52.5 Å². The number of piperazine rings is 1. The first kappa shape index (κ1) is 84.8. The third kappa shape index (κ3) is 25.9. The van der Waals surface area contributed by atoms with Crippen molar-refractivity contribution < 1.29 is 106 Å². The molecule has 566 valence electrons. The van der Waals surface area contributed by atoms with E-state index in [9.17, 15) is 39.5 Å². The van der Waals surface area contributed by atoms with Gasteiger partial charge in [-0.3, -0.25) is 19.9 Å². The molecule has 1 saturated heterocycles. The number of aromatic nitrogens is 22. The quantitative estimate of drug-likeness (QED) is 0.0547. The van der Waals surface area contributed by atoms with Crippen LogP contribution in [0.5, 0.6) is 0 Å². The van der Waals surface area contributed by atoms with E-state index in [4.69, 9.17) is 52.1 Å². The van der Waals surface area contributed by atoms with E-state index in [0.717, 1.165) is 46.6 Å². The summed E-state index contributed by atoms with van der Waals surface area (Å²) >= 11 is 29.2. The summed E-state index contributed by atoms with van der Waals surface area (Å²) in [5, 5.41) is 46.2. The maximum absolute atomic E-state index is 12.8. The molecular weight excluding hydrogens is 1700 g/mol. The van der Waals surface area contributed by atoms with E-state index >= 15 is 0 Å². The fourth-order valence-electron chi connectivity index (χ4n) is 8.39. The van der Waals surface area contributed by atoms with Crippen LogP contribution in [0.4, 0.5) is 86.1 Å². The summed E-state index contributed by atoms with van der Waals surface area (Å²) < 4.78 is 126. The van der Waals surface area contributed by atoms with Gasteiger partial charge in [-0.05, 0) is 92.0 Å². The van der Waals surface area contributed by atoms with Crippen LogP contribution in [-0.4, -0.2) is 149 Å². The predicted molar refractivity (Wildman–Crippen MR) is 387 cm³/mol. The fourth-order valence-corrected chi connectivity index (χ4v) is 12.0. The van der Waals surface area contributed by atoms with E-state index in [1.807, 2.05) is 17.0 Å². The molecule has 0 spiro atoms. The van der Waals surface area contributed by atoms with Crippen molar-refractivity contribution in [1.29, 1.82) is 0 Å². The third-order valence-corrected chi connectivity index (χ3v) is 18.3. The van der Waals surface area contributed by atoms with E-state index in [-0.39, 0.29) is 75.4 Å². The molecule has 0 unspecified atom stereocenters. The molecule has 1 fully saturated rings. The number of hydrogen-bond acceptors (Lipinski definition) is 34. The largest absolute Gasteiger partial charge is 1.00 e. The fraction of sp³-hybridized carbons (Fsp3) is 0.180. The van der Waals surface area contributed by atoms with Gasteiger partial charge in [-0.2, -0.15) is 54.5 Å². The average Bonchev–Trinajstić information content (AvgIpc) is 1.76. The molecule has 1 aliphatic rings. The standard InChI is InChI=1S/C21H20F3N9OS.C16H9ClF3N7OS.C8H4BrF3N2OS.C8H6ClN5.C4H2Cl2N2.C4H5N3.K.H/c1-31-8-10-32(11-9-31)16-4-5-17(29-28-16)33(18-12-25-6-7-26-18)13-14-2-3-15(35-14)19-27-20(34-30-19)21(22,23)24;17-11-3-4-12(25-24-11)27(13-7-21-5-6-22-13)8-9-1-2-10(29-9)14-23-15(28-26-14)16(18,19)20;9-3-4-1-2-5(16-4)6-13-7(15-14-6)8(10,11)12;9-6-1-2-7(14-13-6)12-8-5-10-3-4-11-8;5-3-1-2-4(6)8-7-3;5-4-3-6-1-2-7-4;;/h2-7,12H,8-11,13H2,1H3;1-7H,8H2;1-2H,3H2;1-5H,(H,11,12,14);1-2H;1-3H,(H2,5,7);;/q;;;;;;+1;-1/i;;;;;;;1+1. The smallest absolute Gasteiger partial charge is 1.00 e. The second kappa shape index (κ2) is 40.6. The molecule has 0 atom stereocenters. The van der Waals surface area contributed by atoms with Crippen molar-refractivity contribution in [1.82, 2.24) is 116 Å². The minimum atomic E-state index is -4.69. The Morgan fingerprint density at radius 1 is 0.455 bits per heavy atom. The Morgan fingerprint density at radius 3 is 1.19 bits per heavy atom. The van der Waals surface area contributed by atoms with Crippen molar-refractivity contribution in [3.8, 4) is 32.1 Å².